The summed E-state index contributed by atoms with van der Waals surface area (Å²) in [7, 11) is 6.50. The van der Waals surface area contributed by atoms with Gasteiger partial charge >= 0.3 is 0 Å². The summed E-state index contributed by atoms with van der Waals surface area (Å²) in [6, 6.07) is 0.359. The minimum atomic E-state index is 0.330. The summed E-state index contributed by atoms with van der Waals surface area (Å²) in [6.45, 7) is 7.61. The molecule has 0 spiro atoms. The van der Waals surface area contributed by atoms with E-state index >= 15 is 0 Å². The van der Waals surface area contributed by atoms with Gasteiger partial charge in [0.25, 0.3) is 0 Å². The summed E-state index contributed by atoms with van der Waals surface area (Å²) in [4.78, 5) is 2.44. The Bertz CT molecular complexity index is 469. The van der Waals surface area contributed by atoms with Crippen LogP contribution in [0.25, 0.3) is 0 Å². The third kappa shape index (κ3) is 3.32. The Morgan fingerprint density at radius 3 is 2.33 bits per heavy atom. The first kappa shape index (κ1) is 16.5. The van der Waals surface area contributed by atoms with Crippen LogP contribution < -0.4 is 5.32 Å². The lowest BCUT2D eigenvalue weighted by Gasteiger charge is -2.44. The largest absolute Gasteiger partial charge is 0.308 e. The Labute approximate surface area is 129 Å². The number of hydrogen-bond acceptors (Lipinski definition) is 3. The first-order valence-corrected chi connectivity index (χ1v) is 8.28. The molecule has 1 saturated carbocycles. The van der Waals surface area contributed by atoms with Gasteiger partial charge in [-0.2, -0.15) is 5.10 Å². The van der Waals surface area contributed by atoms with E-state index in [0.717, 1.165) is 12.2 Å². The van der Waals surface area contributed by atoms with Gasteiger partial charge in [-0.15, -0.1) is 0 Å². The molecule has 1 N–H and O–H groups in total. The van der Waals surface area contributed by atoms with Crippen molar-refractivity contribution in [3.05, 3.63) is 17.0 Å². The summed E-state index contributed by atoms with van der Waals surface area (Å²) in [6.07, 6.45) is 6.74. The van der Waals surface area contributed by atoms with Crippen molar-refractivity contribution in [1.29, 1.82) is 0 Å². The maximum Gasteiger partial charge on any atom is 0.0644 e. The van der Waals surface area contributed by atoms with E-state index in [-0.39, 0.29) is 0 Å². The van der Waals surface area contributed by atoms with Crippen LogP contribution in [0.3, 0.4) is 0 Å². The van der Waals surface area contributed by atoms with Gasteiger partial charge in [-0.1, -0.05) is 19.3 Å². The van der Waals surface area contributed by atoms with Crippen LogP contribution in [0.1, 0.15) is 62.0 Å². The lowest BCUT2D eigenvalue weighted by atomic mass is 9.80. The van der Waals surface area contributed by atoms with Gasteiger partial charge in [0.05, 0.1) is 5.69 Å². The van der Waals surface area contributed by atoms with Crippen molar-refractivity contribution in [2.75, 3.05) is 20.6 Å². The van der Waals surface area contributed by atoms with E-state index in [4.69, 9.17) is 0 Å². The van der Waals surface area contributed by atoms with Crippen LogP contribution >= 0.6 is 0 Å². The molecular weight excluding hydrogens is 260 g/mol. The fourth-order valence-corrected chi connectivity index (χ4v) is 3.85. The summed E-state index contributed by atoms with van der Waals surface area (Å²) >= 11 is 0. The number of aryl methyl sites for hydroxylation is 2. The highest BCUT2D eigenvalue weighted by atomic mass is 15.3. The van der Waals surface area contributed by atoms with E-state index in [1.165, 1.54) is 43.4 Å². The van der Waals surface area contributed by atoms with Crippen LogP contribution in [0.4, 0.5) is 0 Å². The van der Waals surface area contributed by atoms with Crippen molar-refractivity contribution in [3.63, 3.8) is 0 Å². The third-order valence-electron chi connectivity index (χ3n) is 5.47. The SMILES string of the molecule is Cc1nn(C)c(C)c1C(C)NCC1(N(C)C)CCCCC1. The van der Waals surface area contributed by atoms with Crippen molar-refractivity contribution < 1.29 is 0 Å². The number of nitrogens with zero attached hydrogens (tertiary/aromatic N) is 3. The summed E-state index contributed by atoms with van der Waals surface area (Å²) < 4.78 is 1.99. The molecule has 4 nitrogen and oxygen atoms in total. The van der Waals surface area contributed by atoms with Crippen LogP contribution in [0.5, 0.6) is 0 Å². The molecule has 0 amide bonds. The van der Waals surface area contributed by atoms with Gasteiger partial charge in [0.2, 0.25) is 0 Å². The highest BCUT2D eigenvalue weighted by Crippen LogP contribution is 2.32. The molecule has 0 saturated heterocycles. The minimum absolute atomic E-state index is 0.330. The number of likely N-dealkylation sites (N-methyl/N-ethyl adjacent to an activating group) is 1. The predicted molar refractivity (Wildman–Crippen MR) is 88.6 cm³/mol. The second kappa shape index (κ2) is 6.49. The zero-order chi connectivity index (χ0) is 15.6. The Hall–Kier alpha value is -0.870. The second-order valence-electron chi connectivity index (χ2n) is 6.99. The molecule has 1 heterocycles. The molecule has 0 aromatic carbocycles. The quantitative estimate of drug-likeness (QED) is 0.906. The minimum Gasteiger partial charge on any atom is -0.308 e. The van der Waals surface area contributed by atoms with Crippen LogP contribution in [-0.2, 0) is 7.05 Å². The summed E-state index contributed by atoms with van der Waals surface area (Å²) in [5.74, 6) is 0. The van der Waals surface area contributed by atoms with Crippen LogP contribution in [0.15, 0.2) is 0 Å². The van der Waals surface area contributed by atoms with Crippen molar-refractivity contribution in [3.8, 4) is 0 Å². The van der Waals surface area contributed by atoms with Gasteiger partial charge in [-0.05, 0) is 47.7 Å². The monoisotopic (exact) mass is 292 g/mol. The molecule has 21 heavy (non-hydrogen) atoms. The molecule has 4 heteroatoms. The van der Waals surface area contributed by atoms with E-state index < -0.39 is 0 Å². The van der Waals surface area contributed by atoms with Crippen LogP contribution in [0.2, 0.25) is 0 Å². The lowest BCUT2D eigenvalue weighted by molar-refractivity contribution is 0.0958. The molecule has 2 rings (SSSR count). The molecule has 0 bridgehead atoms. The molecule has 120 valence electrons. The summed E-state index contributed by atoms with van der Waals surface area (Å²) in [5, 5.41) is 8.34. The smallest absolute Gasteiger partial charge is 0.0644 e. The molecular formula is C17H32N4. The highest BCUT2D eigenvalue weighted by Gasteiger charge is 2.34. The van der Waals surface area contributed by atoms with Gasteiger partial charge in [-0.3, -0.25) is 4.68 Å². The lowest BCUT2D eigenvalue weighted by Crippen LogP contribution is -2.53. The average Bonchev–Trinajstić information content (AvgIpc) is 2.70. The van der Waals surface area contributed by atoms with Gasteiger partial charge in [0.1, 0.15) is 0 Å². The standard InChI is InChI=1S/C17H32N4/c1-13(16-14(2)19-21(6)15(16)3)18-12-17(20(4)5)10-8-7-9-11-17/h13,18H,7-12H2,1-6H3. The Kier molecular flexibility index (Phi) is 5.10. The van der Waals surface area contributed by atoms with Crippen molar-refractivity contribution in [2.24, 2.45) is 7.05 Å². The summed E-state index contributed by atoms with van der Waals surface area (Å²) in [5.41, 5.74) is 4.12. The van der Waals surface area contributed by atoms with Crippen molar-refractivity contribution in [2.45, 2.75) is 64.5 Å². The molecule has 1 aliphatic rings. The van der Waals surface area contributed by atoms with Gasteiger partial charge in [0, 0.05) is 36.4 Å². The number of aromatic nitrogens is 2. The number of hydrogen-bond donors (Lipinski definition) is 1. The number of nitrogens with one attached hydrogen (secondary N) is 1. The van der Waals surface area contributed by atoms with E-state index in [2.05, 4.69) is 50.2 Å². The number of rotatable bonds is 5. The van der Waals surface area contributed by atoms with Gasteiger partial charge in [-0.25, -0.2) is 0 Å². The predicted octanol–water partition coefficient (Wildman–Crippen LogP) is 2.95. The van der Waals surface area contributed by atoms with E-state index in [1.807, 2.05) is 11.7 Å². The highest BCUT2D eigenvalue weighted by molar-refractivity contribution is 5.27. The Morgan fingerprint density at radius 2 is 1.86 bits per heavy atom. The molecule has 0 radical (unpaired) electrons. The topological polar surface area (TPSA) is 33.1 Å². The second-order valence-corrected chi connectivity index (χ2v) is 6.99. The Morgan fingerprint density at radius 1 is 1.24 bits per heavy atom. The first-order chi connectivity index (χ1) is 9.87. The fraction of sp³-hybridized carbons (Fsp3) is 0.824. The molecule has 0 aliphatic heterocycles. The molecule has 1 aromatic rings. The molecule has 1 aromatic heterocycles. The zero-order valence-corrected chi connectivity index (χ0v) is 14.7. The average molecular weight is 292 g/mol. The van der Waals surface area contributed by atoms with Crippen molar-refractivity contribution >= 4 is 0 Å². The fourth-order valence-electron chi connectivity index (χ4n) is 3.85. The van der Waals surface area contributed by atoms with Crippen molar-refractivity contribution in [1.82, 2.24) is 20.0 Å². The molecule has 1 fully saturated rings. The van der Waals surface area contributed by atoms with Crippen LogP contribution in [-0.4, -0.2) is 40.9 Å². The molecule has 1 aliphatic carbocycles. The van der Waals surface area contributed by atoms with E-state index in [0.29, 0.717) is 11.6 Å². The maximum atomic E-state index is 4.55. The normalized spacial score (nSPS) is 20.0. The maximum absolute atomic E-state index is 4.55. The zero-order valence-electron chi connectivity index (χ0n) is 14.7. The third-order valence-corrected chi connectivity index (χ3v) is 5.47. The van der Waals surface area contributed by atoms with E-state index in [1.54, 1.807) is 0 Å². The van der Waals surface area contributed by atoms with Gasteiger partial charge in [0.15, 0.2) is 0 Å². The Balaban J connectivity index is 2.07. The molecule has 1 unspecified atom stereocenters. The van der Waals surface area contributed by atoms with Crippen LogP contribution in [0, 0.1) is 13.8 Å². The van der Waals surface area contributed by atoms with E-state index in [9.17, 15) is 0 Å². The first-order valence-electron chi connectivity index (χ1n) is 8.28. The van der Waals surface area contributed by atoms with Gasteiger partial charge < -0.3 is 10.2 Å². The molecule has 1 atom stereocenters.